The summed E-state index contributed by atoms with van der Waals surface area (Å²) in [5.41, 5.74) is 0.101. The summed E-state index contributed by atoms with van der Waals surface area (Å²) in [6.07, 6.45) is -1.88. The third kappa shape index (κ3) is 6.68. The maximum Gasteiger partial charge on any atom is 0.419 e. The van der Waals surface area contributed by atoms with Gasteiger partial charge in [0.1, 0.15) is 18.2 Å². The molecule has 6 nitrogen and oxygen atoms in total. The van der Waals surface area contributed by atoms with E-state index in [1.165, 1.54) is 6.07 Å². The van der Waals surface area contributed by atoms with Gasteiger partial charge in [-0.3, -0.25) is 0 Å². The van der Waals surface area contributed by atoms with Crippen LogP contribution in [0.5, 0.6) is 0 Å². The van der Waals surface area contributed by atoms with Crippen molar-refractivity contribution in [1.82, 2.24) is 19.8 Å². The van der Waals surface area contributed by atoms with Gasteiger partial charge in [-0.2, -0.15) is 13.2 Å². The second-order valence-corrected chi connectivity index (χ2v) is 9.01. The molecule has 2 aromatic carbocycles. The summed E-state index contributed by atoms with van der Waals surface area (Å²) in [7, 11) is 0. The topological polar surface area (TPSA) is 59.4 Å². The van der Waals surface area contributed by atoms with E-state index in [1.807, 2.05) is 41.8 Å². The molecule has 1 amide bonds. The minimum atomic E-state index is -4.80. The van der Waals surface area contributed by atoms with Crippen LogP contribution in [-0.4, -0.2) is 46.7 Å². The molecule has 0 atom stereocenters. The fourth-order valence-electron chi connectivity index (χ4n) is 4.47. The Morgan fingerprint density at radius 2 is 1.89 bits per heavy atom. The van der Waals surface area contributed by atoms with E-state index in [1.54, 1.807) is 11.1 Å². The highest BCUT2D eigenvalue weighted by Crippen LogP contribution is 2.35. The molecule has 10 heteroatoms. The average Bonchev–Trinajstić information content (AvgIpc) is 3.33. The first-order valence-corrected chi connectivity index (χ1v) is 12.4. The highest BCUT2D eigenvalue weighted by Gasteiger charge is 2.34. The Morgan fingerprint density at radius 3 is 2.57 bits per heavy atom. The smallest absolute Gasteiger partial charge is 0.419 e. The summed E-state index contributed by atoms with van der Waals surface area (Å²) >= 11 is 0. The molecule has 3 aromatic rings. The standard InChI is InChI=1S/C27H30F4N4O2/c1-2-34(26(36)37-18-19-6-4-3-5-7-19)14-15-35-17-24(33-25(35)20-10-12-32-13-11-20)21-8-9-23(28)22(16-21)27(29,30)31/h3-9,16-17,20,32H,2,10-15,18H2,1H3. The number of benzene rings is 2. The van der Waals surface area contributed by atoms with Crippen LogP contribution in [-0.2, 0) is 24.1 Å². The number of nitrogens with zero attached hydrogens (tertiary/aromatic N) is 3. The summed E-state index contributed by atoms with van der Waals surface area (Å²) in [5.74, 6) is -0.442. The van der Waals surface area contributed by atoms with Gasteiger partial charge in [0.2, 0.25) is 0 Å². The van der Waals surface area contributed by atoms with Crippen LogP contribution in [0, 0.1) is 5.82 Å². The predicted molar refractivity (Wildman–Crippen MR) is 131 cm³/mol. The number of rotatable bonds is 8. The maximum atomic E-state index is 13.9. The first-order valence-electron chi connectivity index (χ1n) is 12.4. The minimum Gasteiger partial charge on any atom is -0.445 e. The maximum absolute atomic E-state index is 13.9. The fourth-order valence-corrected chi connectivity index (χ4v) is 4.47. The van der Waals surface area contributed by atoms with Gasteiger partial charge in [0, 0.05) is 37.3 Å². The Kier molecular flexibility index (Phi) is 8.48. The first-order chi connectivity index (χ1) is 17.8. The van der Waals surface area contributed by atoms with Gasteiger partial charge < -0.3 is 19.5 Å². The third-order valence-corrected chi connectivity index (χ3v) is 6.54. The van der Waals surface area contributed by atoms with Crippen molar-refractivity contribution < 1.29 is 27.1 Å². The molecule has 0 spiro atoms. The SMILES string of the molecule is CCN(CCn1cc(-c2ccc(F)c(C(F)(F)F)c2)nc1C1CCNCC1)C(=O)OCc1ccccc1. The van der Waals surface area contributed by atoms with E-state index < -0.39 is 23.7 Å². The third-order valence-electron chi connectivity index (χ3n) is 6.54. The normalized spacial score (nSPS) is 14.5. The Hall–Kier alpha value is -3.40. The molecule has 1 aliphatic rings. The highest BCUT2D eigenvalue weighted by atomic mass is 19.4. The molecular weight excluding hydrogens is 488 g/mol. The largest absolute Gasteiger partial charge is 0.445 e. The summed E-state index contributed by atoms with van der Waals surface area (Å²) in [6, 6.07) is 12.3. The van der Waals surface area contributed by atoms with Crippen LogP contribution in [0.1, 0.15) is 42.6 Å². The van der Waals surface area contributed by atoms with E-state index in [9.17, 15) is 22.4 Å². The molecule has 0 radical (unpaired) electrons. The lowest BCUT2D eigenvalue weighted by Gasteiger charge is -2.25. The molecule has 2 heterocycles. The minimum absolute atomic E-state index is 0.123. The van der Waals surface area contributed by atoms with Gasteiger partial charge in [0.15, 0.2) is 0 Å². The van der Waals surface area contributed by atoms with Gasteiger partial charge >= 0.3 is 12.3 Å². The zero-order valence-corrected chi connectivity index (χ0v) is 20.6. The molecule has 0 aliphatic carbocycles. The molecule has 1 saturated heterocycles. The van der Waals surface area contributed by atoms with Crippen molar-refractivity contribution in [2.45, 2.75) is 45.0 Å². The molecule has 0 saturated carbocycles. The van der Waals surface area contributed by atoms with E-state index in [0.717, 1.165) is 49.5 Å². The van der Waals surface area contributed by atoms with E-state index >= 15 is 0 Å². The van der Waals surface area contributed by atoms with Crippen LogP contribution in [0.15, 0.2) is 54.7 Å². The molecule has 0 unspecified atom stereocenters. The van der Waals surface area contributed by atoms with E-state index in [2.05, 4.69) is 5.32 Å². The van der Waals surface area contributed by atoms with Gasteiger partial charge in [-0.05, 0) is 56.6 Å². The van der Waals surface area contributed by atoms with E-state index in [0.29, 0.717) is 25.3 Å². The number of carbonyl (C=O) groups is 1. The molecule has 1 aromatic heterocycles. The number of imidazole rings is 1. The van der Waals surface area contributed by atoms with Crippen molar-refractivity contribution in [3.63, 3.8) is 0 Å². The summed E-state index contributed by atoms with van der Waals surface area (Å²) in [5, 5.41) is 3.30. The number of likely N-dealkylation sites (N-methyl/N-ethyl adjacent to an activating group) is 1. The second-order valence-electron chi connectivity index (χ2n) is 9.01. The quantitative estimate of drug-likeness (QED) is 0.381. The fraction of sp³-hybridized carbons (Fsp3) is 0.407. The Morgan fingerprint density at radius 1 is 1.16 bits per heavy atom. The summed E-state index contributed by atoms with van der Waals surface area (Å²) in [6.45, 7) is 4.82. The zero-order valence-electron chi connectivity index (χ0n) is 20.6. The lowest BCUT2D eigenvalue weighted by atomic mass is 9.97. The van der Waals surface area contributed by atoms with Gasteiger partial charge in [-0.1, -0.05) is 30.3 Å². The highest BCUT2D eigenvalue weighted by molar-refractivity contribution is 5.67. The summed E-state index contributed by atoms with van der Waals surface area (Å²) < 4.78 is 61.1. The molecule has 1 aliphatic heterocycles. The van der Waals surface area contributed by atoms with Gasteiger partial charge in [0.25, 0.3) is 0 Å². The number of amides is 1. The number of halogens is 4. The Bertz CT molecular complexity index is 1190. The number of alkyl halides is 3. The lowest BCUT2D eigenvalue weighted by Crippen LogP contribution is -2.34. The number of hydrogen-bond donors (Lipinski definition) is 1. The molecule has 0 bridgehead atoms. The molecular formula is C27H30F4N4O2. The molecule has 198 valence electrons. The number of aromatic nitrogens is 2. The van der Waals surface area contributed by atoms with Crippen molar-refractivity contribution in [3.05, 3.63) is 77.5 Å². The van der Waals surface area contributed by atoms with E-state index in [4.69, 9.17) is 9.72 Å². The molecule has 37 heavy (non-hydrogen) atoms. The van der Waals surface area contributed by atoms with Crippen LogP contribution in [0.2, 0.25) is 0 Å². The zero-order chi connectivity index (χ0) is 26.4. The van der Waals surface area contributed by atoms with Crippen LogP contribution in [0.4, 0.5) is 22.4 Å². The monoisotopic (exact) mass is 518 g/mol. The number of piperidine rings is 1. The number of hydrogen-bond acceptors (Lipinski definition) is 4. The second kappa shape index (κ2) is 11.8. The Balaban J connectivity index is 1.53. The predicted octanol–water partition coefficient (Wildman–Crippen LogP) is 5.83. The number of nitrogens with one attached hydrogen (secondary N) is 1. The number of carbonyl (C=O) groups excluding carboxylic acids is 1. The van der Waals surface area contributed by atoms with Crippen molar-refractivity contribution in [3.8, 4) is 11.3 Å². The Labute approximate surface area is 213 Å². The van der Waals surface area contributed by atoms with Gasteiger partial charge in [-0.25, -0.2) is 14.2 Å². The molecule has 4 rings (SSSR count). The lowest BCUT2D eigenvalue weighted by molar-refractivity contribution is -0.139. The van der Waals surface area contributed by atoms with Gasteiger partial charge in [-0.15, -0.1) is 0 Å². The average molecular weight is 519 g/mol. The molecule has 1 N–H and O–H groups in total. The first kappa shape index (κ1) is 26.7. The van der Waals surface area contributed by atoms with Crippen molar-refractivity contribution in [2.24, 2.45) is 0 Å². The van der Waals surface area contributed by atoms with Crippen LogP contribution in [0.25, 0.3) is 11.3 Å². The molecule has 1 fully saturated rings. The summed E-state index contributed by atoms with van der Waals surface area (Å²) in [4.78, 5) is 18.9. The number of ether oxygens (including phenoxy) is 1. The van der Waals surface area contributed by atoms with Crippen molar-refractivity contribution in [1.29, 1.82) is 0 Å². The van der Waals surface area contributed by atoms with Crippen LogP contribution in [0.3, 0.4) is 0 Å². The van der Waals surface area contributed by atoms with Crippen molar-refractivity contribution in [2.75, 3.05) is 26.2 Å². The van der Waals surface area contributed by atoms with Crippen LogP contribution < -0.4 is 5.32 Å². The van der Waals surface area contributed by atoms with Gasteiger partial charge in [0.05, 0.1) is 11.3 Å². The van der Waals surface area contributed by atoms with Crippen molar-refractivity contribution >= 4 is 6.09 Å². The van der Waals surface area contributed by atoms with E-state index in [-0.39, 0.29) is 18.1 Å². The van der Waals surface area contributed by atoms with Crippen LogP contribution >= 0.6 is 0 Å².